The lowest BCUT2D eigenvalue weighted by Crippen LogP contribution is -2.45. The lowest BCUT2D eigenvalue weighted by molar-refractivity contribution is -0.119. The van der Waals surface area contributed by atoms with Crippen LogP contribution in [0.3, 0.4) is 0 Å². The van der Waals surface area contributed by atoms with Gasteiger partial charge in [0.15, 0.2) is 0 Å². The van der Waals surface area contributed by atoms with Crippen molar-refractivity contribution in [2.24, 2.45) is 0 Å². The van der Waals surface area contributed by atoms with Gasteiger partial charge in [0.25, 0.3) is 0 Å². The van der Waals surface area contributed by atoms with Crippen molar-refractivity contribution in [2.45, 2.75) is 154 Å². The van der Waals surface area contributed by atoms with E-state index in [1.165, 1.54) is 60.8 Å². The molecule has 2 saturated heterocycles. The van der Waals surface area contributed by atoms with E-state index in [0.29, 0.717) is 37.0 Å². The minimum Gasteiger partial charge on any atom is -0.496 e. The Kier molecular flexibility index (Phi) is 29.7. The third-order valence-corrected chi connectivity index (χ3v) is 14.2. The molecule has 396 valence electrons. The van der Waals surface area contributed by atoms with Gasteiger partial charge in [-0.1, -0.05) is 113 Å². The quantitative estimate of drug-likeness (QED) is 0.0642. The highest BCUT2D eigenvalue weighted by molar-refractivity contribution is 5.96. The number of halogens is 4. The Labute approximate surface area is 450 Å². The summed E-state index contributed by atoms with van der Waals surface area (Å²) in [5, 5.41) is 15.0. The van der Waals surface area contributed by atoms with E-state index in [2.05, 4.69) is 120 Å². The molecule has 4 heterocycles. The van der Waals surface area contributed by atoms with Crippen LogP contribution in [-0.2, 0) is 35.5 Å². The number of anilines is 2. The minimum atomic E-state index is 0. The summed E-state index contributed by atoms with van der Waals surface area (Å²) in [7, 11) is 3.48. The number of carbonyl (C=O) groups is 2. The number of unbranched alkanes of at least 4 members (excludes halogenated alkanes) is 6. The molecule has 8 rings (SSSR count). The highest BCUT2D eigenvalue weighted by atomic mass is 35.5. The summed E-state index contributed by atoms with van der Waals surface area (Å²) in [5.41, 5.74) is 9.51. The van der Waals surface area contributed by atoms with E-state index in [1.807, 2.05) is 9.80 Å². The van der Waals surface area contributed by atoms with Crippen molar-refractivity contribution in [2.75, 3.05) is 50.2 Å². The zero-order valence-electron chi connectivity index (χ0n) is 42.6. The molecule has 2 amide bonds. The largest absolute Gasteiger partial charge is 0.496 e. The maximum Gasteiger partial charge on any atom is 0.226 e. The molecule has 0 aromatic heterocycles. The average molecular weight is 1060 g/mol. The molecule has 15 heteroatoms. The number of nitrogens with one attached hydrogen (secondary N) is 4. The number of hydrogen-bond acceptors (Lipinski definition) is 8. The number of carbonyl (C=O) groups excluding carboxylic acids is 2. The van der Waals surface area contributed by atoms with Crippen LogP contribution in [0.15, 0.2) is 84.9 Å². The van der Waals surface area contributed by atoms with Gasteiger partial charge >= 0.3 is 0 Å². The van der Waals surface area contributed by atoms with Gasteiger partial charge in [0.05, 0.1) is 14.2 Å². The van der Waals surface area contributed by atoms with E-state index in [4.69, 9.17) is 9.47 Å². The molecule has 6 N–H and O–H groups in total. The van der Waals surface area contributed by atoms with E-state index >= 15 is 0 Å². The lowest BCUT2D eigenvalue weighted by atomic mass is 9.92. The van der Waals surface area contributed by atoms with Crippen LogP contribution in [0.4, 0.5) is 11.4 Å². The van der Waals surface area contributed by atoms with Gasteiger partial charge in [-0.2, -0.15) is 0 Å². The first-order chi connectivity index (χ1) is 32.4. The monoisotopic (exact) mass is 1060 g/mol. The third-order valence-electron chi connectivity index (χ3n) is 14.2. The first kappa shape index (κ1) is 63.5. The molecule has 4 aromatic rings. The number of methoxy groups -OCH3 is 2. The smallest absolute Gasteiger partial charge is 0.226 e. The van der Waals surface area contributed by atoms with Crippen molar-refractivity contribution >= 4 is 72.8 Å². The van der Waals surface area contributed by atoms with Crippen LogP contribution in [0, 0.1) is 0 Å². The van der Waals surface area contributed by atoms with Crippen molar-refractivity contribution in [1.82, 2.24) is 21.3 Å². The van der Waals surface area contributed by atoms with Gasteiger partial charge in [0, 0.05) is 85.7 Å². The van der Waals surface area contributed by atoms with Gasteiger partial charge in [0.2, 0.25) is 11.8 Å². The Balaban J connectivity index is 0.000000455. The molecule has 0 radical (unpaired) electrons. The Morgan fingerprint density at radius 3 is 1.34 bits per heavy atom. The van der Waals surface area contributed by atoms with Gasteiger partial charge in [-0.15, -0.1) is 49.6 Å². The second-order valence-corrected chi connectivity index (χ2v) is 18.7. The molecular weight excluding hydrogens is 978 g/mol. The van der Waals surface area contributed by atoms with E-state index in [-0.39, 0.29) is 66.9 Å². The molecule has 11 nitrogen and oxygen atoms in total. The van der Waals surface area contributed by atoms with Crippen molar-refractivity contribution in [3.63, 3.8) is 0 Å². The fourth-order valence-corrected chi connectivity index (χ4v) is 10.5. The van der Waals surface area contributed by atoms with Crippen molar-refractivity contribution in [1.29, 1.82) is 0 Å². The van der Waals surface area contributed by atoms with Gasteiger partial charge in [-0.05, 0) is 111 Å². The molecule has 4 unspecified atom stereocenters. The Hall–Kier alpha value is -3.62. The number of hydrogen-bond donors (Lipinski definition) is 4. The van der Waals surface area contributed by atoms with Crippen LogP contribution in [0.25, 0.3) is 0 Å². The Bertz CT molecular complexity index is 2010. The normalized spacial score (nSPS) is 18.6. The van der Waals surface area contributed by atoms with Crippen molar-refractivity contribution in [3.05, 3.63) is 118 Å². The number of fused-ring (bicyclic) bond motifs is 2. The summed E-state index contributed by atoms with van der Waals surface area (Å²) in [4.78, 5) is 29.8. The SMILES string of the molecule is CCCCCCC(=O)N1CCc2cc(OC)c(CNC3CCCNC3c3ccccc3)cc21.CCCCCCC(=O)N1CCc2cc(OC)c(CNC3CCCNC3c3ccccc3)cc21.Cl.Cl.Cl.Cl.O. The molecule has 4 aromatic carbocycles. The molecule has 0 spiro atoms. The van der Waals surface area contributed by atoms with Crippen LogP contribution in [0.2, 0.25) is 0 Å². The average Bonchev–Trinajstić information content (AvgIpc) is 3.99. The Morgan fingerprint density at radius 2 is 0.972 bits per heavy atom. The van der Waals surface area contributed by atoms with Gasteiger partial charge in [-0.25, -0.2) is 0 Å². The molecule has 0 aliphatic carbocycles. The second-order valence-electron chi connectivity index (χ2n) is 18.7. The standard InChI is InChI=1S/2C28H39N3O2.4ClH.H2O/c2*1-3-4-5-9-14-27(32)31-17-15-22-19-26(33-2)23(18-25(22)31)20-30-24-13-10-16-29-28(24)21-11-7-6-8-12-21;;;;;/h2*6-8,11-12,18-19,24,28-30H,3-5,9-10,13-17,20H2,1-2H3;4*1H;1H2. The fraction of sp³-hybridized carbons (Fsp3) is 0.536. The van der Waals surface area contributed by atoms with E-state index < -0.39 is 0 Å². The summed E-state index contributed by atoms with van der Waals surface area (Å²) < 4.78 is 11.5. The predicted molar refractivity (Wildman–Crippen MR) is 302 cm³/mol. The number of nitrogens with zero attached hydrogens (tertiary/aromatic N) is 2. The first-order valence-corrected chi connectivity index (χ1v) is 25.5. The lowest BCUT2D eigenvalue weighted by Gasteiger charge is -2.34. The minimum absolute atomic E-state index is 0. The maximum atomic E-state index is 12.9. The number of rotatable bonds is 20. The van der Waals surface area contributed by atoms with Crippen LogP contribution in [-0.4, -0.2) is 69.8 Å². The maximum absolute atomic E-state index is 12.9. The molecule has 4 aliphatic heterocycles. The molecule has 2 fully saturated rings. The number of ether oxygens (including phenoxy) is 2. The number of piperidine rings is 2. The fourth-order valence-electron chi connectivity index (χ4n) is 10.5. The second kappa shape index (κ2) is 33.2. The molecule has 71 heavy (non-hydrogen) atoms. The van der Waals surface area contributed by atoms with Crippen molar-refractivity contribution in [3.8, 4) is 11.5 Å². The zero-order valence-corrected chi connectivity index (χ0v) is 45.9. The van der Waals surface area contributed by atoms with Crippen LogP contribution < -0.4 is 40.5 Å². The highest BCUT2D eigenvalue weighted by Crippen LogP contribution is 2.37. The molecule has 0 bridgehead atoms. The predicted octanol–water partition coefficient (Wildman–Crippen LogP) is 11.1. The topological polar surface area (TPSA) is 139 Å². The Morgan fingerprint density at radius 1 is 0.577 bits per heavy atom. The number of benzene rings is 4. The summed E-state index contributed by atoms with van der Waals surface area (Å²) in [6.45, 7) is 9.52. The molecule has 0 saturated carbocycles. The molecular formula is C56H84Cl4N6O5. The van der Waals surface area contributed by atoms with Gasteiger partial charge in [0.1, 0.15) is 11.5 Å². The van der Waals surface area contributed by atoms with Gasteiger partial charge in [-0.3, -0.25) is 9.59 Å². The first-order valence-electron chi connectivity index (χ1n) is 25.5. The molecule has 4 atom stereocenters. The van der Waals surface area contributed by atoms with Crippen LogP contribution >= 0.6 is 49.6 Å². The van der Waals surface area contributed by atoms with Gasteiger partial charge < -0.3 is 46.0 Å². The summed E-state index contributed by atoms with van der Waals surface area (Å²) >= 11 is 0. The third kappa shape index (κ3) is 17.2. The highest BCUT2D eigenvalue weighted by Gasteiger charge is 2.31. The van der Waals surface area contributed by atoms with E-state index in [1.54, 1.807) is 14.2 Å². The van der Waals surface area contributed by atoms with Crippen LogP contribution in [0.1, 0.15) is 149 Å². The number of amides is 2. The summed E-state index contributed by atoms with van der Waals surface area (Å²) in [5.74, 6) is 2.35. The van der Waals surface area contributed by atoms with Crippen molar-refractivity contribution < 1.29 is 24.5 Å². The van der Waals surface area contributed by atoms with E-state index in [9.17, 15) is 9.59 Å². The van der Waals surface area contributed by atoms with Crippen LogP contribution in [0.5, 0.6) is 11.5 Å². The molecule has 4 aliphatic rings. The zero-order chi connectivity index (χ0) is 46.1. The summed E-state index contributed by atoms with van der Waals surface area (Å²) in [6, 6.07) is 31.4. The van der Waals surface area contributed by atoms with E-state index in [0.717, 1.165) is 125 Å². The summed E-state index contributed by atoms with van der Waals surface area (Å²) in [6.07, 6.45) is 16.8.